The van der Waals surface area contributed by atoms with Crippen LogP contribution in [0.2, 0.25) is 0 Å². The summed E-state index contributed by atoms with van der Waals surface area (Å²) in [7, 11) is 0. The Morgan fingerprint density at radius 2 is 1.83 bits per heavy atom. The molecule has 0 aliphatic rings. The lowest BCUT2D eigenvalue weighted by Crippen LogP contribution is -2.30. The number of ether oxygens (including phenoxy) is 1. The lowest BCUT2D eigenvalue weighted by molar-refractivity contribution is -0.384. The van der Waals surface area contributed by atoms with Crippen LogP contribution in [0.3, 0.4) is 0 Å². The monoisotopic (exact) mass is 398 g/mol. The van der Waals surface area contributed by atoms with E-state index in [0.29, 0.717) is 0 Å². The van der Waals surface area contributed by atoms with E-state index in [2.05, 4.69) is 15.3 Å². The van der Waals surface area contributed by atoms with Gasteiger partial charge in [-0.3, -0.25) is 29.3 Å². The molecule has 0 bridgehead atoms. The van der Waals surface area contributed by atoms with Gasteiger partial charge in [-0.25, -0.2) is 0 Å². The highest BCUT2D eigenvalue weighted by atomic mass is 16.6. The van der Waals surface area contributed by atoms with Crippen molar-refractivity contribution in [2.24, 2.45) is 0 Å². The number of fused-ring (bicyclic) bond motifs is 1. The van der Waals surface area contributed by atoms with Gasteiger partial charge < -0.3 is 20.0 Å². The molecule has 1 amide bonds. The number of benzene rings is 2. The number of carbonyl (C=O) groups excluding carboxylic acids is 2. The first-order chi connectivity index (χ1) is 13.8. The quantitative estimate of drug-likeness (QED) is 0.189. The number of carbonyl (C=O) groups is 2. The minimum Gasteiger partial charge on any atom is -0.426 e. The molecule has 3 aromatic rings. The first-order valence-electron chi connectivity index (χ1n) is 8.25. The Morgan fingerprint density at radius 3 is 2.52 bits per heavy atom. The normalized spacial score (nSPS) is 10.5. The maximum Gasteiger partial charge on any atom is 0.314 e. The second-order valence-electron chi connectivity index (χ2n) is 5.97. The molecule has 1 aromatic heterocycles. The fourth-order valence-corrected chi connectivity index (χ4v) is 2.69. The molecular weight excluding hydrogens is 384 g/mol. The van der Waals surface area contributed by atoms with Gasteiger partial charge in [0, 0.05) is 31.2 Å². The van der Waals surface area contributed by atoms with Crippen LogP contribution in [0.1, 0.15) is 22.8 Å². The Kier molecular flexibility index (Phi) is 5.21. The lowest BCUT2D eigenvalue weighted by Gasteiger charge is -2.11. The number of para-hydroxylation sites is 1. The maximum atomic E-state index is 12.5. The number of H-pyrrole nitrogens is 2. The molecule has 11 heteroatoms. The summed E-state index contributed by atoms with van der Waals surface area (Å²) >= 11 is 0. The molecule has 0 saturated heterocycles. The molecule has 0 fully saturated rings. The van der Waals surface area contributed by atoms with Gasteiger partial charge >= 0.3 is 17.1 Å². The third-order valence-corrected chi connectivity index (χ3v) is 3.93. The van der Waals surface area contributed by atoms with Crippen LogP contribution < -0.4 is 21.2 Å². The summed E-state index contributed by atoms with van der Waals surface area (Å²) < 4.78 is 4.99. The molecule has 0 saturated carbocycles. The van der Waals surface area contributed by atoms with Crippen molar-refractivity contribution in [2.45, 2.75) is 13.5 Å². The summed E-state index contributed by atoms with van der Waals surface area (Å²) in [5, 5.41) is 13.7. The lowest BCUT2D eigenvalue weighted by atomic mass is 10.1. The molecule has 0 aliphatic carbocycles. The number of rotatable bonds is 5. The minimum absolute atomic E-state index is 0.0494. The van der Waals surface area contributed by atoms with Crippen molar-refractivity contribution >= 4 is 28.6 Å². The summed E-state index contributed by atoms with van der Waals surface area (Å²) in [4.78, 5) is 62.0. The van der Waals surface area contributed by atoms with Crippen LogP contribution in [-0.2, 0) is 11.3 Å². The molecule has 0 atom stereocenters. The van der Waals surface area contributed by atoms with Gasteiger partial charge in [0.2, 0.25) is 0 Å². The van der Waals surface area contributed by atoms with Gasteiger partial charge in [0.05, 0.1) is 21.5 Å². The largest absolute Gasteiger partial charge is 0.426 e. The Morgan fingerprint density at radius 1 is 1.14 bits per heavy atom. The third-order valence-electron chi connectivity index (χ3n) is 3.93. The van der Waals surface area contributed by atoms with E-state index in [1.807, 2.05) is 0 Å². The zero-order valence-electron chi connectivity index (χ0n) is 15.0. The molecule has 1 heterocycles. The summed E-state index contributed by atoms with van der Waals surface area (Å²) in [6.45, 7) is 0.994. The standard InChI is InChI=1S/C18H14N4O7/c1-9(23)29-14-5-3-2-4-12(14)16(24)19-8-10-6-11(22(27)28)7-13-15(10)21-18(26)17(25)20-13/h2-7H,8H2,1H3,(H,19,24)(H,20,25)(H,21,26). The van der Waals surface area contributed by atoms with Crippen LogP contribution in [0.4, 0.5) is 5.69 Å². The van der Waals surface area contributed by atoms with Crippen LogP contribution in [-0.4, -0.2) is 26.8 Å². The number of hydrogen-bond acceptors (Lipinski definition) is 7. The van der Waals surface area contributed by atoms with Gasteiger partial charge in [-0.05, 0) is 12.1 Å². The number of aromatic amines is 2. The van der Waals surface area contributed by atoms with Gasteiger partial charge in [0.25, 0.3) is 11.6 Å². The minimum atomic E-state index is -0.955. The van der Waals surface area contributed by atoms with Crippen LogP contribution in [0, 0.1) is 10.1 Å². The third kappa shape index (κ3) is 4.18. The van der Waals surface area contributed by atoms with E-state index in [4.69, 9.17) is 4.74 Å². The van der Waals surface area contributed by atoms with E-state index in [9.17, 15) is 29.3 Å². The van der Waals surface area contributed by atoms with Crippen LogP contribution >= 0.6 is 0 Å². The molecule has 148 valence electrons. The van der Waals surface area contributed by atoms with Crippen molar-refractivity contribution in [1.82, 2.24) is 15.3 Å². The first-order valence-corrected chi connectivity index (χ1v) is 8.25. The fourth-order valence-electron chi connectivity index (χ4n) is 2.69. The van der Waals surface area contributed by atoms with Gasteiger partial charge in [0.1, 0.15) is 5.75 Å². The summed E-state index contributed by atoms with van der Waals surface area (Å²) in [5.41, 5.74) is -1.73. The SMILES string of the molecule is CC(=O)Oc1ccccc1C(=O)NCc1cc([N+](=O)[O-])cc2[nH]c(=O)c(=O)[nH]c12. The zero-order chi connectivity index (χ0) is 21.1. The first kappa shape index (κ1) is 19.5. The number of nitrogens with zero attached hydrogens (tertiary/aromatic N) is 1. The average molecular weight is 398 g/mol. The van der Waals surface area contributed by atoms with Crippen molar-refractivity contribution in [2.75, 3.05) is 0 Å². The predicted molar refractivity (Wildman–Crippen MR) is 101 cm³/mol. The molecular formula is C18H14N4O7. The van der Waals surface area contributed by atoms with Crippen molar-refractivity contribution in [3.8, 4) is 5.75 Å². The van der Waals surface area contributed by atoms with E-state index in [1.165, 1.54) is 25.1 Å². The van der Waals surface area contributed by atoms with Gasteiger partial charge in [0.15, 0.2) is 0 Å². The molecule has 0 unspecified atom stereocenters. The summed E-state index contributed by atoms with van der Waals surface area (Å²) in [6.07, 6.45) is 0. The number of amides is 1. The van der Waals surface area contributed by atoms with Crippen molar-refractivity contribution in [1.29, 1.82) is 0 Å². The van der Waals surface area contributed by atoms with Crippen molar-refractivity contribution in [3.05, 3.63) is 78.3 Å². The number of nitro benzene ring substituents is 1. The highest BCUT2D eigenvalue weighted by Crippen LogP contribution is 2.22. The van der Waals surface area contributed by atoms with E-state index < -0.39 is 27.9 Å². The van der Waals surface area contributed by atoms with Crippen molar-refractivity contribution < 1.29 is 19.2 Å². The second-order valence-corrected chi connectivity index (χ2v) is 5.97. The smallest absolute Gasteiger partial charge is 0.314 e. The van der Waals surface area contributed by atoms with Gasteiger partial charge in [-0.2, -0.15) is 0 Å². The maximum absolute atomic E-state index is 12.5. The molecule has 11 nitrogen and oxygen atoms in total. The highest BCUT2D eigenvalue weighted by molar-refractivity contribution is 5.97. The second kappa shape index (κ2) is 7.76. The van der Waals surface area contributed by atoms with Crippen LogP contribution in [0.5, 0.6) is 5.75 Å². The number of non-ortho nitro benzene ring substituents is 1. The van der Waals surface area contributed by atoms with E-state index >= 15 is 0 Å². The van der Waals surface area contributed by atoms with Gasteiger partial charge in [-0.15, -0.1) is 0 Å². The Labute approximate surface area is 161 Å². The highest BCUT2D eigenvalue weighted by Gasteiger charge is 2.17. The van der Waals surface area contributed by atoms with Crippen LogP contribution in [0.25, 0.3) is 11.0 Å². The average Bonchev–Trinajstić information content (AvgIpc) is 2.66. The Hall–Kier alpha value is -4.28. The Balaban J connectivity index is 1.96. The zero-order valence-corrected chi connectivity index (χ0v) is 15.0. The number of nitro groups is 1. The topological polar surface area (TPSA) is 164 Å². The number of esters is 1. The molecule has 0 radical (unpaired) electrons. The van der Waals surface area contributed by atoms with E-state index in [0.717, 1.165) is 6.07 Å². The fraction of sp³-hybridized carbons (Fsp3) is 0.111. The molecule has 3 N–H and O–H groups in total. The van der Waals surface area contributed by atoms with E-state index in [-0.39, 0.29) is 40.1 Å². The predicted octanol–water partition coefficient (Wildman–Crippen LogP) is 0.980. The van der Waals surface area contributed by atoms with E-state index in [1.54, 1.807) is 12.1 Å². The van der Waals surface area contributed by atoms with Gasteiger partial charge in [-0.1, -0.05) is 12.1 Å². The van der Waals surface area contributed by atoms with Crippen molar-refractivity contribution in [3.63, 3.8) is 0 Å². The molecule has 2 aromatic carbocycles. The molecule has 0 aliphatic heterocycles. The summed E-state index contributed by atoms with van der Waals surface area (Å²) in [6, 6.07) is 8.33. The molecule has 29 heavy (non-hydrogen) atoms. The molecule has 3 rings (SSSR count). The molecule has 0 spiro atoms. The number of hydrogen-bond donors (Lipinski definition) is 3. The number of aromatic nitrogens is 2. The van der Waals surface area contributed by atoms with Crippen LogP contribution in [0.15, 0.2) is 46.0 Å². The Bertz CT molecular complexity index is 1260. The summed E-state index contributed by atoms with van der Waals surface area (Å²) in [5.74, 6) is -1.15. The number of nitrogens with one attached hydrogen (secondary N) is 3.